The van der Waals surface area contributed by atoms with Crippen LogP contribution in [0.1, 0.15) is 54.4 Å². The van der Waals surface area contributed by atoms with Crippen LogP contribution >= 0.6 is 24.8 Å². The maximum atomic E-state index is 12.8. The van der Waals surface area contributed by atoms with Crippen LogP contribution in [0.25, 0.3) is 0 Å². The molecule has 1 heterocycles. The number of carbonyl (C=O) groups excluding carboxylic acids is 1. The van der Waals surface area contributed by atoms with Gasteiger partial charge >= 0.3 is 0 Å². The van der Waals surface area contributed by atoms with E-state index in [9.17, 15) is 4.79 Å². The number of likely N-dealkylation sites (tertiary alicyclic amines) is 1. The molecule has 1 saturated heterocycles. The van der Waals surface area contributed by atoms with Crippen LogP contribution in [0, 0.1) is 17.3 Å². The molecule has 26 heavy (non-hydrogen) atoms. The molecular formula is C19H39Cl2N3O2. The van der Waals surface area contributed by atoms with Crippen molar-refractivity contribution in [3.05, 3.63) is 0 Å². The van der Waals surface area contributed by atoms with Crippen LogP contribution in [-0.2, 0) is 9.53 Å². The highest BCUT2D eigenvalue weighted by atomic mass is 35.5. The van der Waals surface area contributed by atoms with E-state index in [-0.39, 0.29) is 48.3 Å². The highest BCUT2D eigenvalue weighted by Gasteiger charge is 2.62. The molecule has 0 bridgehead atoms. The van der Waals surface area contributed by atoms with E-state index in [1.165, 1.54) is 6.42 Å². The van der Waals surface area contributed by atoms with E-state index in [2.05, 4.69) is 31.0 Å². The standard InChI is InChI=1S/C19H37N3O2.2ClH/c1-7-24-16-9-19(20,18(16,5)6)17(23)21-15(4)12-22-10-13(2)8-14(3)11-22;;/h13-16H,7-12,20H2,1-6H3,(H,21,23);2*1H. The summed E-state index contributed by atoms with van der Waals surface area (Å²) >= 11 is 0. The van der Waals surface area contributed by atoms with Crippen LogP contribution in [0.4, 0.5) is 0 Å². The second kappa shape index (κ2) is 9.92. The number of rotatable bonds is 6. The summed E-state index contributed by atoms with van der Waals surface area (Å²) in [4.78, 5) is 15.3. The first-order valence-corrected chi connectivity index (χ1v) is 9.54. The fourth-order valence-corrected chi connectivity index (χ4v) is 4.55. The monoisotopic (exact) mass is 411 g/mol. The Balaban J connectivity index is 0.00000312. The van der Waals surface area contributed by atoms with Gasteiger partial charge in [0.1, 0.15) is 5.54 Å². The third-order valence-corrected chi connectivity index (χ3v) is 6.09. The van der Waals surface area contributed by atoms with Crippen molar-refractivity contribution in [1.82, 2.24) is 10.2 Å². The number of halogens is 2. The van der Waals surface area contributed by atoms with E-state index >= 15 is 0 Å². The molecule has 0 spiro atoms. The quantitative estimate of drug-likeness (QED) is 0.704. The summed E-state index contributed by atoms with van der Waals surface area (Å²) in [5, 5.41) is 3.16. The Labute approximate surface area is 172 Å². The predicted molar refractivity (Wildman–Crippen MR) is 112 cm³/mol. The Morgan fingerprint density at radius 1 is 1.27 bits per heavy atom. The van der Waals surface area contributed by atoms with E-state index in [0.717, 1.165) is 31.5 Å². The minimum Gasteiger partial charge on any atom is -0.378 e. The van der Waals surface area contributed by atoms with E-state index in [1.807, 2.05) is 20.8 Å². The third kappa shape index (κ3) is 5.26. The van der Waals surface area contributed by atoms with Crippen molar-refractivity contribution in [2.75, 3.05) is 26.2 Å². The molecule has 2 rings (SSSR count). The molecule has 1 aliphatic heterocycles. The number of nitrogens with zero attached hydrogens (tertiary/aromatic N) is 1. The molecule has 5 unspecified atom stereocenters. The molecule has 1 saturated carbocycles. The highest BCUT2D eigenvalue weighted by molar-refractivity contribution is 5.89. The lowest BCUT2D eigenvalue weighted by atomic mass is 9.54. The smallest absolute Gasteiger partial charge is 0.241 e. The number of ether oxygens (including phenoxy) is 1. The molecule has 1 amide bonds. The van der Waals surface area contributed by atoms with Gasteiger partial charge in [0.05, 0.1) is 6.10 Å². The number of amides is 1. The van der Waals surface area contributed by atoms with Crippen LogP contribution in [0.3, 0.4) is 0 Å². The fraction of sp³-hybridized carbons (Fsp3) is 0.947. The van der Waals surface area contributed by atoms with Crippen LogP contribution in [0.2, 0.25) is 0 Å². The highest BCUT2D eigenvalue weighted by Crippen LogP contribution is 2.49. The zero-order valence-corrected chi connectivity index (χ0v) is 18.8. The predicted octanol–water partition coefficient (Wildman–Crippen LogP) is 2.85. The molecule has 156 valence electrons. The van der Waals surface area contributed by atoms with E-state index < -0.39 is 5.54 Å². The zero-order chi connectivity index (χ0) is 18.1. The topological polar surface area (TPSA) is 67.6 Å². The summed E-state index contributed by atoms with van der Waals surface area (Å²) in [7, 11) is 0. The van der Waals surface area contributed by atoms with Crippen molar-refractivity contribution in [1.29, 1.82) is 0 Å². The van der Waals surface area contributed by atoms with Gasteiger partial charge in [-0.15, -0.1) is 24.8 Å². The molecule has 5 nitrogen and oxygen atoms in total. The summed E-state index contributed by atoms with van der Waals surface area (Å²) < 4.78 is 5.72. The maximum absolute atomic E-state index is 12.8. The number of nitrogens with two attached hydrogens (primary N) is 1. The molecule has 5 atom stereocenters. The van der Waals surface area contributed by atoms with E-state index in [0.29, 0.717) is 13.0 Å². The minimum atomic E-state index is -0.830. The van der Waals surface area contributed by atoms with Crippen LogP contribution in [0.15, 0.2) is 0 Å². The largest absolute Gasteiger partial charge is 0.378 e. The van der Waals surface area contributed by atoms with Gasteiger partial charge in [-0.1, -0.05) is 27.7 Å². The SMILES string of the molecule is CCOC1CC(N)(C(=O)NC(C)CN2CC(C)CC(C)C2)C1(C)C.Cl.Cl. The summed E-state index contributed by atoms with van der Waals surface area (Å²) in [6, 6.07) is 0.109. The summed E-state index contributed by atoms with van der Waals surface area (Å²) in [5.74, 6) is 1.43. The molecule has 0 aromatic carbocycles. The molecular weight excluding hydrogens is 373 g/mol. The van der Waals surface area contributed by atoms with E-state index in [4.69, 9.17) is 10.5 Å². The van der Waals surface area contributed by atoms with Gasteiger partial charge in [-0.3, -0.25) is 4.79 Å². The Hall–Kier alpha value is -0.0700. The Bertz CT molecular complexity index is 454. The van der Waals surface area contributed by atoms with E-state index in [1.54, 1.807) is 0 Å². The van der Waals surface area contributed by atoms with Gasteiger partial charge in [-0.25, -0.2) is 0 Å². The lowest BCUT2D eigenvalue weighted by Crippen LogP contribution is -2.76. The molecule has 7 heteroatoms. The number of hydrogen-bond donors (Lipinski definition) is 2. The number of piperidine rings is 1. The molecule has 2 aliphatic rings. The Morgan fingerprint density at radius 3 is 2.27 bits per heavy atom. The number of carbonyl (C=O) groups is 1. The van der Waals surface area contributed by atoms with Crippen molar-refractivity contribution in [2.24, 2.45) is 23.0 Å². The van der Waals surface area contributed by atoms with Crippen molar-refractivity contribution < 1.29 is 9.53 Å². The molecule has 2 fully saturated rings. The van der Waals surface area contributed by atoms with Gasteiger partial charge in [0, 0.05) is 44.1 Å². The molecule has 1 aliphatic carbocycles. The average molecular weight is 412 g/mol. The van der Waals surface area contributed by atoms with Crippen LogP contribution < -0.4 is 11.1 Å². The first-order valence-electron chi connectivity index (χ1n) is 9.54. The van der Waals surface area contributed by atoms with Gasteiger partial charge in [0.15, 0.2) is 0 Å². The molecule has 0 radical (unpaired) electrons. The first kappa shape index (κ1) is 25.9. The van der Waals surface area contributed by atoms with Crippen LogP contribution in [0.5, 0.6) is 0 Å². The van der Waals surface area contributed by atoms with Crippen LogP contribution in [-0.4, -0.2) is 54.7 Å². The van der Waals surface area contributed by atoms with Gasteiger partial charge in [0.2, 0.25) is 5.91 Å². The fourth-order valence-electron chi connectivity index (χ4n) is 4.55. The second-order valence-electron chi connectivity index (χ2n) is 8.88. The summed E-state index contributed by atoms with van der Waals surface area (Å²) in [6.07, 6.45) is 1.97. The minimum absolute atomic E-state index is 0. The molecule has 0 aromatic heterocycles. The maximum Gasteiger partial charge on any atom is 0.241 e. The second-order valence-corrected chi connectivity index (χ2v) is 8.88. The van der Waals surface area contributed by atoms with Gasteiger partial charge in [-0.2, -0.15) is 0 Å². The summed E-state index contributed by atoms with van der Waals surface area (Å²) in [5.41, 5.74) is 5.30. The number of hydrogen-bond acceptors (Lipinski definition) is 4. The Morgan fingerprint density at radius 2 is 1.81 bits per heavy atom. The lowest BCUT2D eigenvalue weighted by Gasteiger charge is -2.57. The Kier molecular flexibility index (Phi) is 9.90. The third-order valence-electron chi connectivity index (χ3n) is 6.09. The van der Waals surface area contributed by atoms with Gasteiger partial charge in [-0.05, 0) is 32.1 Å². The summed E-state index contributed by atoms with van der Waals surface area (Å²) in [6.45, 7) is 16.6. The number of nitrogens with one attached hydrogen (secondary N) is 1. The average Bonchev–Trinajstić information content (AvgIpc) is 2.45. The van der Waals surface area contributed by atoms with Crippen molar-refractivity contribution in [2.45, 2.75) is 72.1 Å². The molecule has 0 aromatic rings. The van der Waals surface area contributed by atoms with Crippen molar-refractivity contribution >= 4 is 30.7 Å². The molecule has 3 N–H and O–H groups in total. The van der Waals surface area contributed by atoms with Crippen molar-refractivity contribution in [3.63, 3.8) is 0 Å². The first-order chi connectivity index (χ1) is 11.1. The van der Waals surface area contributed by atoms with Crippen molar-refractivity contribution in [3.8, 4) is 0 Å². The normalized spacial score (nSPS) is 34.7. The lowest BCUT2D eigenvalue weighted by molar-refractivity contribution is -0.171. The zero-order valence-electron chi connectivity index (χ0n) is 17.2. The van der Waals surface area contributed by atoms with Gasteiger partial charge < -0.3 is 20.7 Å². The van der Waals surface area contributed by atoms with Gasteiger partial charge in [0.25, 0.3) is 0 Å².